The Bertz CT molecular complexity index is 993. The van der Waals surface area contributed by atoms with Gasteiger partial charge in [-0.2, -0.15) is 10.1 Å². The van der Waals surface area contributed by atoms with Crippen molar-refractivity contribution in [1.29, 1.82) is 0 Å². The molecule has 6 nitrogen and oxygen atoms in total. The van der Waals surface area contributed by atoms with Crippen LogP contribution in [0.2, 0.25) is 5.02 Å². The lowest BCUT2D eigenvalue weighted by Gasteiger charge is -2.11. The number of hydrogen-bond donors (Lipinski definition) is 1. The fraction of sp³-hybridized carbons (Fsp3) is 0.158. The number of nitrogens with zero attached hydrogens (tertiary/aromatic N) is 3. The zero-order valence-corrected chi connectivity index (χ0v) is 15.1. The van der Waals surface area contributed by atoms with Gasteiger partial charge in [0.05, 0.1) is 11.9 Å². The topological polar surface area (TPSA) is 76.9 Å². The lowest BCUT2D eigenvalue weighted by molar-refractivity contribution is -0.117. The summed E-state index contributed by atoms with van der Waals surface area (Å²) in [6.07, 6.45) is 1.46. The molecule has 0 aliphatic heterocycles. The number of hydrogen-bond acceptors (Lipinski definition) is 4. The molecular formula is C19H17ClN4O2. The molecule has 0 spiro atoms. The highest BCUT2D eigenvalue weighted by Gasteiger charge is 2.11. The summed E-state index contributed by atoms with van der Waals surface area (Å²) in [5.74, 6) is -0.335. The molecule has 26 heavy (non-hydrogen) atoms. The SMILES string of the molecule is Cc1cccc(C)c1NC(=O)Cn1ncc(-c2ccc(Cl)cc2)nc1=O. The summed E-state index contributed by atoms with van der Waals surface area (Å²) in [7, 11) is 0. The Morgan fingerprint density at radius 1 is 1.12 bits per heavy atom. The summed E-state index contributed by atoms with van der Waals surface area (Å²) in [5, 5.41) is 7.47. The Balaban J connectivity index is 1.77. The van der Waals surface area contributed by atoms with Crippen LogP contribution in [0, 0.1) is 13.8 Å². The monoisotopic (exact) mass is 368 g/mol. The first kappa shape index (κ1) is 17.8. The van der Waals surface area contributed by atoms with Crippen LogP contribution in [0.4, 0.5) is 5.69 Å². The van der Waals surface area contributed by atoms with E-state index in [1.807, 2.05) is 32.0 Å². The van der Waals surface area contributed by atoms with Crippen LogP contribution in [0.1, 0.15) is 11.1 Å². The van der Waals surface area contributed by atoms with Crippen molar-refractivity contribution < 1.29 is 4.79 Å². The average molecular weight is 369 g/mol. The van der Waals surface area contributed by atoms with E-state index in [0.717, 1.165) is 27.1 Å². The quantitative estimate of drug-likeness (QED) is 0.767. The fourth-order valence-corrected chi connectivity index (χ4v) is 2.68. The van der Waals surface area contributed by atoms with Crippen LogP contribution in [0.3, 0.4) is 0 Å². The van der Waals surface area contributed by atoms with Crippen molar-refractivity contribution in [2.75, 3.05) is 5.32 Å². The van der Waals surface area contributed by atoms with Gasteiger partial charge in [-0.3, -0.25) is 4.79 Å². The molecule has 7 heteroatoms. The second-order valence-corrected chi connectivity index (χ2v) is 6.34. The molecular weight excluding hydrogens is 352 g/mol. The Morgan fingerprint density at radius 3 is 2.38 bits per heavy atom. The Hall–Kier alpha value is -2.99. The van der Waals surface area contributed by atoms with E-state index in [2.05, 4.69) is 15.4 Å². The predicted molar refractivity (Wildman–Crippen MR) is 101 cm³/mol. The van der Waals surface area contributed by atoms with Crippen LogP contribution in [0.25, 0.3) is 11.3 Å². The van der Waals surface area contributed by atoms with Crippen molar-refractivity contribution in [1.82, 2.24) is 14.8 Å². The van der Waals surface area contributed by atoms with E-state index in [-0.39, 0.29) is 12.5 Å². The zero-order chi connectivity index (χ0) is 18.7. The molecule has 2 aromatic carbocycles. The first-order chi connectivity index (χ1) is 12.4. The number of anilines is 1. The number of carbonyl (C=O) groups is 1. The number of carbonyl (C=O) groups excluding carboxylic acids is 1. The van der Waals surface area contributed by atoms with Crippen molar-refractivity contribution in [3.8, 4) is 11.3 Å². The van der Waals surface area contributed by atoms with Gasteiger partial charge < -0.3 is 5.32 Å². The van der Waals surface area contributed by atoms with Crippen molar-refractivity contribution >= 4 is 23.2 Å². The number of benzene rings is 2. The van der Waals surface area contributed by atoms with Gasteiger partial charge in [0.1, 0.15) is 6.54 Å². The number of amides is 1. The lowest BCUT2D eigenvalue weighted by Crippen LogP contribution is -2.31. The van der Waals surface area contributed by atoms with Gasteiger partial charge in [0.2, 0.25) is 5.91 Å². The molecule has 0 saturated heterocycles. The zero-order valence-electron chi connectivity index (χ0n) is 14.4. The number of aromatic nitrogens is 3. The van der Waals surface area contributed by atoms with Gasteiger partial charge in [0.25, 0.3) is 0 Å². The standard InChI is InChI=1S/C19H17ClN4O2/c1-12-4-3-5-13(2)18(12)23-17(25)11-24-19(26)22-16(10-21-24)14-6-8-15(20)9-7-14/h3-10H,11H2,1-2H3,(H,23,25). The molecule has 3 aromatic rings. The third kappa shape index (κ3) is 3.97. The lowest BCUT2D eigenvalue weighted by atomic mass is 10.1. The van der Waals surface area contributed by atoms with Gasteiger partial charge in [-0.1, -0.05) is 41.9 Å². The highest BCUT2D eigenvalue weighted by Crippen LogP contribution is 2.19. The largest absolute Gasteiger partial charge is 0.365 e. The van der Waals surface area contributed by atoms with Gasteiger partial charge in [0.15, 0.2) is 0 Å². The summed E-state index contributed by atoms with van der Waals surface area (Å²) in [6, 6.07) is 12.7. The van der Waals surface area contributed by atoms with E-state index in [1.165, 1.54) is 6.20 Å². The molecule has 0 unspecified atom stereocenters. The molecule has 1 aromatic heterocycles. The normalized spacial score (nSPS) is 10.6. The van der Waals surface area contributed by atoms with E-state index in [1.54, 1.807) is 24.3 Å². The van der Waals surface area contributed by atoms with Gasteiger partial charge in [-0.25, -0.2) is 9.48 Å². The number of nitrogens with one attached hydrogen (secondary N) is 1. The van der Waals surface area contributed by atoms with Crippen molar-refractivity contribution in [3.63, 3.8) is 0 Å². The minimum atomic E-state index is -0.589. The molecule has 0 fully saturated rings. The number of para-hydroxylation sites is 1. The number of rotatable bonds is 4. The van der Waals surface area contributed by atoms with Gasteiger partial charge in [0, 0.05) is 16.3 Å². The van der Waals surface area contributed by atoms with E-state index >= 15 is 0 Å². The average Bonchev–Trinajstić information content (AvgIpc) is 2.61. The molecule has 0 saturated carbocycles. The smallest absolute Gasteiger partial charge is 0.324 e. The Morgan fingerprint density at radius 2 is 1.77 bits per heavy atom. The Labute approximate surface area is 155 Å². The van der Waals surface area contributed by atoms with E-state index in [9.17, 15) is 9.59 Å². The molecule has 0 atom stereocenters. The van der Waals surface area contributed by atoms with Crippen molar-refractivity contribution in [2.45, 2.75) is 20.4 Å². The minimum Gasteiger partial charge on any atom is -0.324 e. The minimum absolute atomic E-state index is 0.208. The molecule has 0 radical (unpaired) electrons. The fourth-order valence-electron chi connectivity index (χ4n) is 2.56. The first-order valence-corrected chi connectivity index (χ1v) is 8.38. The summed E-state index contributed by atoms with van der Waals surface area (Å²) >= 11 is 5.86. The maximum atomic E-state index is 12.3. The molecule has 1 amide bonds. The Kier molecular flexibility index (Phi) is 5.14. The number of halogens is 1. The second kappa shape index (κ2) is 7.49. The first-order valence-electron chi connectivity index (χ1n) is 8.00. The second-order valence-electron chi connectivity index (χ2n) is 5.90. The maximum absolute atomic E-state index is 12.3. The van der Waals surface area contributed by atoms with Crippen LogP contribution in [0.15, 0.2) is 53.5 Å². The van der Waals surface area contributed by atoms with Gasteiger partial charge in [-0.05, 0) is 37.1 Å². The molecule has 3 rings (SSSR count). The third-order valence-electron chi connectivity index (χ3n) is 3.94. The van der Waals surface area contributed by atoms with E-state index in [0.29, 0.717) is 10.7 Å². The van der Waals surface area contributed by atoms with Gasteiger partial charge >= 0.3 is 5.69 Å². The van der Waals surface area contributed by atoms with Crippen LogP contribution < -0.4 is 11.0 Å². The molecule has 1 N–H and O–H groups in total. The van der Waals surface area contributed by atoms with E-state index < -0.39 is 5.69 Å². The molecule has 0 aliphatic carbocycles. The van der Waals surface area contributed by atoms with Crippen LogP contribution in [-0.2, 0) is 11.3 Å². The van der Waals surface area contributed by atoms with Crippen molar-refractivity contribution in [3.05, 3.63) is 75.3 Å². The molecule has 0 bridgehead atoms. The molecule has 0 aliphatic rings. The highest BCUT2D eigenvalue weighted by molar-refractivity contribution is 6.30. The summed E-state index contributed by atoms with van der Waals surface area (Å²) in [4.78, 5) is 28.5. The van der Waals surface area contributed by atoms with Gasteiger partial charge in [-0.15, -0.1) is 0 Å². The van der Waals surface area contributed by atoms with E-state index in [4.69, 9.17) is 11.6 Å². The molecule has 132 valence electrons. The number of aryl methyl sites for hydroxylation is 2. The third-order valence-corrected chi connectivity index (χ3v) is 4.19. The van der Waals surface area contributed by atoms with Crippen molar-refractivity contribution in [2.24, 2.45) is 0 Å². The summed E-state index contributed by atoms with van der Waals surface area (Å²) in [5.41, 5.74) is 3.22. The maximum Gasteiger partial charge on any atom is 0.365 e. The summed E-state index contributed by atoms with van der Waals surface area (Å²) < 4.78 is 1.03. The predicted octanol–water partition coefficient (Wildman–Crippen LogP) is 3.21. The summed E-state index contributed by atoms with van der Waals surface area (Å²) in [6.45, 7) is 3.62. The van der Waals surface area contributed by atoms with Crippen LogP contribution in [-0.4, -0.2) is 20.7 Å². The molecule has 1 heterocycles. The van der Waals surface area contributed by atoms with Crippen LogP contribution >= 0.6 is 11.6 Å². The van der Waals surface area contributed by atoms with Crippen LogP contribution in [0.5, 0.6) is 0 Å². The highest BCUT2D eigenvalue weighted by atomic mass is 35.5.